The van der Waals surface area contributed by atoms with Gasteiger partial charge in [0.1, 0.15) is 5.52 Å². The van der Waals surface area contributed by atoms with Gasteiger partial charge in [0.05, 0.1) is 17.6 Å². The van der Waals surface area contributed by atoms with E-state index in [2.05, 4.69) is 15.1 Å². The summed E-state index contributed by atoms with van der Waals surface area (Å²) in [4.78, 5) is 8.47. The Bertz CT molecular complexity index is 891. The summed E-state index contributed by atoms with van der Waals surface area (Å²) in [5.41, 5.74) is 5.29. The predicted molar refractivity (Wildman–Crippen MR) is 70.7 cm³/mol. The molecule has 3 heterocycles. The summed E-state index contributed by atoms with van der Waals surface area (Å²) in [5.74, 6) is 0. The van der Waals surface area contributed by atoms with Gasteiger partial charge in [-0.25, -0.2) is 14.5 Å². The largest absolute Gasteiger partial charge is 0.443 e. The highest BCUT2D eigenvalue weighted by Gasteiger charge is 2.06. The normalized spacial score (nSPS) is 11.4. The molecule has 19 heavy (non-hydrogen) atoms. The van der Waals surface area contributed by atoms with E-state index in [4.69, 9.17) is 4.42 Å². The number of nitrogens with zero attached hydrogens (tertiary/aromatic N) is 4. The lowest BCUT2D eigenvalue weighted by Gasteiger charge is -2.01. The number of hydrogen-bond acceptors (Lipinski definition) is 4. The maximum atomic E-state index is 5.31. The Labute approximate surface area is 108 Å². The Kier molecular flexibility index (Phi) is 1.97. The first-order valence-electron chi connectivity index (χ1n) is 5.96. The highest BCUT2D eigenvalue weighted by atomic mass is 16.3. The topological polar surface area (TPSA) is 56.2 Å². The molecule has 5 heteroatoms. The molecule has 0 aliphatic rings. The van der Waals surface area contributed by atoms with Crippen LogP contribution >= 0.6 is 0 Å². The summed E-state index contributed by atoms with van der Waals surface area (Å²) < 4.78 is 7.10. The molecule has 0 unspecified atom stereocenters. The lowest BCUT2D eigenvalue weighted by molar-refractivity contribution is 0.602. The smallest absolute Gasteiger partial charge is 0.181 e. The number of imidazole rings is 1. The quantitative estimate of drug-likeness (QED) is 0.521. The number of hydrogen-bond donors (Lipinski definition) is 0. The van der Waals surface area contributed by atoms with Gasteiger partial charge in [-0.1, -0.05) is 6.07 Å². The van der Waals surface area contributed by atoms with E-state index >= 15 is 0 Å². The minimum atomic E-state index is 0.765. The second kappa shape index (κ2) is 3.65. The molecule has 5 nitrogen and oxygen atoms in total. The Morgan fingerprint density at radius 1 is 1.16 bits per heavy atom. The van der Waals surface area contributed by atoms with E-state index in [0.717, 1.165) is 33.7 Å². The Morgan fingerprint density at radius 3 is 3.05 bits per heavy atom. The van der Waals surface area contributed by atoms with Gasteiger partial charge < -0.3 is 4.42 Å². The summed E-state index contributed by atoms with van der Waals surface area (Å²) >= 11 is 0. The second-order valence-electron chi connectivity index (χ2n) is 4.44. The minimum absolute atomic E-state index is 0.765. The molecule has 0 saturated heterocycles. The zero-order chi connectivity index (χ0) is 12.8. The van der Waals surface area contributed by atoms with Crippen LogP contribution in [0, 0.1) is 6.92 Å². The van der Waals surface area contributed by atoms with Crippen LogP contribution in [0.4, 0.5) is 0 Å². The van der Waals surface area contributed by atoms with Gasteiger partial charge in [-0.05, 0) is 31.2 Å². The van der Waals surface area contributed by atoms with Gasteiger partial charge in [0.15, 0.2) is 17.6 Å². The summed E-state index contributed by atoms with van der Waals surface area (Å²) in [7, 11) is 0. The van der Waals surface area contributed by atoms with E-state index in [9.17, 15) is 0 Å². The molecule has 0 saturated carbocycles. The van der Waals surface area contributed by atoms with E-state index in [0.29, 0.717) is 0 Å². The van der Waals surface area contributed by atoms with Crippen LogP contribution in [0.3, 0.4) is 0 Å². The summed E-state index contributed by atoms with van der Waals surface area (Å²) in [6, 6.07) is 9.78. The monoisotopic (exact) mass is 250 g/mol. The first kappa shape index (κ1) is 10.3. The molecule has 0 aliphatic heterocycles. The zero-order valence-electron chi connectivity index (χ0n) is 10.2. The third-order valence-corrected chi connectivity index (χ3v) is 3.07. The summed E-state index contributed by atoms with van der Waals surface area (Å²) in [5, 5.41) is 4.55. The molecular formula is C14H10N4O. The van der Waals surface area contributed by atoms with Crippen molar-refractivity contribution in [1.82, 2.24) is 19.6 Å². The number of oxazole rings is 1. The Morgan fingerprint density at radius 2 is 2.11 bits per heavy atom. The second-order valence-corrected chi connectivity index (χ2v) is 4.44. The van der Waals surface area contributed by atoms with Crippen LogP contribution in [0.1, 0.15) is 5.69 Å². The molecule has 3 aromatic heterocycles. The van der Waals surface area contributed by atoms with E-state index in [-0.39, 0.29) is 0 Å². The van der Waals surface area contributed by atoms with Crippen molar-refractivity contribution in [3.8, 4) is 11.3 Å². The van der Waals surface area contributed by atoms with Gasteiger partial charge in [-0.2, -0.15) is 5.10 Å². The molecule has 0 radical (unpaired) electrons. The minimum Gasteiger partial charge on any atom is -0.443 e. The third-order valence-electron chi connectivity index (χ3n) is 3.07. The van der Waals surface area contributed by atoms with Crippen molar-refractivity contribution in [2.24, 2.45) is 0 Å². The van der Waals surface area contributed by atoms with E-state index < -0.39 is 0 Å². The first-order chi connectivity index (χ1) is 9.29. The molecule has 0 spiro atoms. The zero-order valence-corrected chi connectivity index (χ0v) is 10.2. The standard InChI is InChI=1S/C14H10N4O/c1-9-7-18-14(16-9)5-4-11(17-18)10-2-3-12-13(6-10)19-8-15-12/h2-8H,1H3. The van der Waals surface area contributed by atoms with Crippen LogP contribution in [0.15, 0.2) is 47.3 Å². The van der Waals surface area contributed by atoms with Crippen LogP contribution in [0.2, 0.25) is 0 Å². The van der Waals surface area contributed by atoms with Crippen LogP contribution < -0.4 is 0 Å². The van der Waals surface area contributed by atoms with Crippen molar-refractivity contribution in [2.45, 2.75) is 6.92 Å². The highest BCUT2D eigenvalue weighted by molar-refractivity contribution is 5.78. The highest BCUT2D eigenvalue weighted by Crippen LogP contribution is 2.22. The van der Waals surface area contributed by atoms with Crippen LogP contribution in [-0.4, -0.2) is 19.6 Å². The van der Waals surface area contributed by atoms with Crippen molar-refractivity contribution >= 4 is 16.7 Å². The molecule has 0 fully saturated rings. The van der Waals surface area contributed by atoms with Gasteiger partial charge in [0.25, 0.3) is 0 Å². The van der Waals surface area contributed by atoms with E-state index in [1.165, 1.54) is 6.39 Å². The van der Waals surface area contributed by atoms with E-state index in [1.54, 1.807) is 4.52 Å². The number of rotatable bonds is 1. The number of aromatic nitrogens is 4. The van der Waals surface area contributed by atoms with Gasteiger partial charge in [-0.15, -0.1) is 0 Å². The van der Waals surface area contributed by atoms with Gasteiger partial charge in [0, 0.05) is 5.56 Å². The van der Waals surface area contributed by atoms with Crippen molar-refractivity contribution in [2.75, 3.05) is 0 Å². The average molecular weight is 250 g/mol. The van der Waals surface area contributed by atoms with Gasteiger partial charge in [0.2, 0.25) is 0 Å². The van der Waals surface area contributed by atoms with Gasteiger partial charge >= 0.3 is 0 Å². The van der Waals surface area contributed by atoms with Crippen molar-refractivity contribution in [3.63, 3.8) is 0 Å². The number of benzene rings is 1. The van der Waals surface area contributed by atoms with Crippen molar-refractivity contribution < 1.29 is 4.42 Å². The summed E-state index contributed by atoms with van der Waals surface area (Å²) in [6.07, 6.45) is 3.36. The van der Waals surface area contributed by atoms with Crippen LogP contribution in [-0.2, 0) is 0 Å². The molecule has 1 aromatic carbocycles. The lowest BCUT2D eigenvalue weighted by atomic mass is 10.1. The van der Waals surface area contributed by atoms with Crippen molar-refractivity contribution in [3.05, 3.63) is 48.6 Å². The fourth-order valence-electron chi connectivity index (χ4n) is 2.17. The fourth-order valence-corrected chi connectivity index (χ4v) is 2.17. The Balaban J connectivity index is 1.91. The molecule has 0 bridgehead atoms. The molecular weight excluding hydrogens is 240 g/mol. The summed E-state index contributed by atoms with van der Waals surface area (Å²) in [6.45, 7) is 1.95. The van der Waals surface area contributed by atoms with E-state index in [1.807, 2.05) is 43.5 Å². The maximum Gasteiger partial charge on any atom is 0.181 e. The molecule has 0 aliphatic carbocycles. The molecule has 0 amide bonds. The molecule has 4 aromatic rings. The SMILES string of the molecule is Cc1cn2nc(-c3ccc4ncoc4c3)ccc2n1. The molecule has 92 valence electrons. The predicted octanol–water partition coefficient (Wildman–Crippen LogP) is 2.85. The third kappa shape index (κ3) is 1.59. The van der Waals surface area contributed by atoms with Gasteiger partial charge in [-0.3, -0.25) is 0 Å². The molecule has 0 atom stereocenters. The van der Waals surface area contributed by atoms with Crippen molar-refractivity contribution in [1.29, 1.82) is 0 Å². The average Bonchev–Trinajstić information content (AvgIpc) is 3.01. The number of aryl methyl sites for hydroxylation is 1. The Hall–Kier alpha value is -2.69. The molecule has 0 N–H and O–H groups in total. The van der Waals surface area contributed by atoms with Crippen LogP contribution in [0.5, 0.6) is 0 Å². The molecule has 4 rings (SSSR count). The maximum absolute atomic E-state index is 5.31. The van der Waals surface area contributed by atoms with Crippen LogP contribution in [0.25, 0.3) is 28.0 Å². The fraction of sp³-hybridized carbons (Fsp3) is 0.0714. The number of fused-ring (bicyclic) bond motifs is 2. The first-order valence-corrected chi connectivity index (χ1v) is 5.96. The lowest BCUT2D eigenvalue weighted by Crippen LogP contribution is -1.92.